The van der Waals surface area contributed by atoms with Crippen molar-refractivity contribution in [3.8, 4) is 17.2 Å². The Morgan fingerprint density at radius 1 is 1.13 bits per heavy atom. The molecule has 1 aliphatic rings. The predicted molar refractivity (Wildman–Crippen MR) is 88.1 cm³/mol. The molecule has 0 saturated carbocycles. The average molecular weight is 311 g/mol. The average Bonchev–Trinajstić information content (AvgIpc) is 2.61. The lowest BCUT2D eigenvalue weighted by molar-refractivity contribution is -0.113. The number of amides is 1. The van der Waals surface area contributed by atoms with E-state index < -0.39 is 0 Å². The summed E-state index contributed by atoms with van der Waals surface area (Å²) in [6.45, 7) is 0.231. The SMILES string of the molecule is COc1ccc(OC)c(NC(=O)C2=Cc3ccccc3OC2)c1. The molecule has 5 heteroatoms. The van der Waals surface area contributed by atoms with Crippen LogP contribution >= 0.6 is 0 Å². The van der Waals surface area contributed by atoms with Crippen molar-refractivity contribution in [2.75, 3.05) is 26.1 Å². The van der Waals surface area contributed by atoms with Crippen LogP contribution in [0.4, 0.5) is 5.69 Å². The number of hydrogen-bond donors (Lipinski definition) is 1. The smallest absolute Gasteiger partial charge is 0.255 e. The van der Waals surface area contributed by atoms with Crippen molar-refractivity contribution in [3.05, 3.63) is 53.6 Å². The maximum Gasteiger partial charge on any atom is 0.255 e. The molecule has 3 rings (SSSR count). The number of carbonyl (C=O) groups excluding carboxylic acids is 1. The van der Waals surface area contributed by atoms with E-state index in [1.54, 1.807) is 32.4 Å². The number of anilines is 1. The fourth-order valence-electron chi connectivity index (χ4n) is 2.36. The van der Waals surface area contributed by atoms with Gasteiger partial charge in [0.05, 0.1) is 25.5 Å². The Kier molecular flexibility index (Phi) is 4.19. The molecule has 118 valence electrons. The van der Waals surface area contributed by atoms with Gasteiger partial charge < -0.3 is 19.5 Å². The summed E-state index contributed by atoms with van der Waals surface area (Å²) in [6, 6.07) is 12.8. The second-order valence-corrected chi connectivity index (χ2v) is 5.02. The third-order valence-electron chi connectivity index (χ3n) is 3.58. The topological polar surface area (TPSA) is 56.8 Å². The van der Waals surface area contributed by atoms with Crippen LogP contribution in [0.1, 0.15) is 5.56 Å². The summed E-state index contributed by atoms with van der Waals surface area (Å²) in [6.07, 6.45) is 1.83. The molecule has 0 aromatic heterocycles. The summed E-state index contributed by atoms with van der Waals surface area (Å²) in [5.41, 5.74) is 1.99. The summed E-state index contributed by atoms with van der Waals surface area (Å²) in [5.74, 6) is 1.76. The second-order valence-electron chi connectivity index (χ2n) is 5.02. The number of benzene rings is 2. The highest BCUT2D eigenvalue weighted by molar-refractivity contribution is 6.08. The van der Waals surface area contributed by atoms with Crippen LogP contribution < -0.4 is 19.5 Å². The minimum Gasteiger partial charge on any atom is -0.497 e. The Balaban J connectivity index is 1.84. The fourth-order valence-corrected chi connectivity index (χ4v) is 2.36. The van der Waals surface area contributed by atoms with Crippen molar-refractivity contribution in [3.63, 3.8) is 0 Å². The number of fused-ring (bicyclic) bond motifs is 1. The molecule has 0 atom stereocenters. The largest absolute Gasteiger partial charge is 0.497 e. The summed E-state index contributed by atoms with van der Waals surface area (Å²) < 4.78 is 16.1. The van der Waals surface area contributed by atoms with E-state index in [1.807, 2.05) is 30.3 Å². The van der Waals surface area contributed by atoms with E-state index >= 15 is 0 Å². The highest BCUT2D eigenvalue weighted by atomic mass is 16.5. The molecule has 23 heavy (non-hydrogen) atoms. The summed E-state index contributed by atoms with van der Waals surface area (Å²) in [4.78, 5) is 12.5. The fraction of sp³-hybridized carbons (Fsp3) is 0.167. The second kappa shape index (κ2) is 6.44. The van der Waals surface area contributed by atoms with Crippen LogP contribution in [0.3, 0.4) is 0 Å². The first kappa shape index (κ1) is 15.0. The van der Waals surface area contributed by atoms with Crippen molar-refractivity contribution >= 4 is 17.7 Å². The van der Waals surface area contributed by atoms with E-state index in [0.29, 0.717) is 22.8 Å². The number of methoxy groups -OCH3 is 2. The number of nitrogens with one attached hydrogen (secondary N) is 1. The molecule has 1 N–H and O–H groups in total. The first-order chi connectivity index (χ1) is 11.2. The number of para-hydroxylation sites is 1. The van der Waals surface area contributed by atoms with Crippen LogP contribution in [-0.2, 0) is 4.79 Å². The summed E-state index contributed by atoms with van der Waals surface area (Å²) in [5, 5.41) is 2.84. The number of carbonyl (C=O) groups is 1. The number of rotatable bonds is 4. The van der Waals surface area contributed by atoms with Gasteiger partial charge in [0, 0.05) is 11.6 Å². The highest BCUT2D eigenvalue weighted by Crippen LogP contribution is 2.30. The number of hydrogen-bond acceptors (Lipinski definition) is 4. The van der Waals surface area contributed by atoms with E-state index in [4.69, 9.17) is 14.2 Å². The Morgan fingerprint density at radius 3 is 2.74 bits per heavy atom. The zero-order valence-electron chi connectivity index (χ0n) is 13.0. The van der Waals surface area contributed by atoms with Crippen LogP contribution in [0.2, 0.25) is 0 Å². The van der Waals surface area contributed by atoms with Crippen molar-refractivity contribution in [2.45, 2.75) is 0 Å². The van der Waals surface area contributed by atoms with Gasteiger partial charge in [-0.2, -0.15) is 0 Å². The van der Waals surface area contributed by atoms with E-state index in [0.717, 1.165) is 11.3 Å². The lowest BCUT2D eigenvalue weighted by Gasteiger charge is -2.18. The molecule has 0 saturated heterocycles. The van der Waals surface area contributed by atoms with Gasteiger partial charge >= 0.3 is 0 Å². The van der Waals surface area contributed by atoms with E-state index in [2.05, 4.69) is 5.32 Å². The molecule has 2 aromatic carbocycles. The van der Waals surface area contributed by atoms with Crippen LogP contribution in [-0.4, -0.2) is 26.7 Å². The van der Waals surface area contributed by atoms with Gasteiger partial charge in [0.15, 0.2) is 0 Å². The Labute approximate surface area is 134 Å². The van der Waals surface area contributed by atoms with Crippen LogP contribution in [0, 0.1) is 0 Å². The molecule has 0 aliphatic carbocycles. The molecule has 1 heterocycles. The lowest BCUT2D eigenvalue weighted by Crippen LogP contribution is -2.21. The molecule has 1 aliphatic heterocycles. The third-order valence-corrected chi connectivity index (χ3v) is 3.58. The van der Waals surface area contributed by atoms with Crippen molar-refractivity contribution < 1.29 is 19.0 Å². The summed E-state index contributed by atoms with van der Waals surface area (Å²) >= 11 is 0. The molecule has 1 amide bonds. The zero-order chi connectivity index (χ0) is 16.2. The van der Waals surface area contributed by atoms with Crippen molar-refractivity contribution in [2.24, 2.45) is 0 Å². The zero-order valence-corrected chi connectivity index (χ0v) is 13.0. The third kappa shape index (κ3) is 3.13. The highest BCUT2D eigenvalue weighted by Gasteiger charge is 2.18. The molecule has 0 fully saturated rings. The molecule has 2 aromatic rings. The molecular formula is C18H17NO4. The van der Waals surface area contributed by atoms with Gasteiger partial charge in [-0.05, 0) is 24.3 Å². The molecule has 0 unspecified atom stereocenters. The first-order valence-electron chi connectivity index (χ1n) is 7.17. The maximum atomic E-state index is 12.5. The van der Waals surface area contributed by atoms with Gasteiger partial charge in [-0.1, -0.05) is 18.2 Å². The van der Waals surface area contributed by atoms with E-state index in [-0.39, 0.29) is 12.5 Å². The van der Waals surface area contributed by atoms with Crippen LogP contribution in [0.15, 0.2) is 48.0 Å². The normalized spacial score (nSPS) is 12.5. The van der Waals surface area contributed by atoms with Gasteiger partial charge in [-0.3, -0.25) is 4.79 Å². The lowest BCUT2D eigenvalue weighted by atomic mass is 10.1. The van der Waals surface area contributed by atoms with Gasteiger partial charge in [0.25, 0.3) is 5.91 Å². The van der Waals surface area contributed by atoms with Gasteiger partial charge in [-0.25, -0.2) is 0 Å². The van der Waals surface area contributed by atoms with Crippen molar-refractivity contribution in [1.29, 1.82) is 0 Å². The van der Waals surface area contributed by atoms with Gasteiger partial charge in [0.2, 0.25) is 0 Å². The van der Waals surface area contributed by atoms with Crippen LogP contribution in [0.25, 0.3) is 6.08 Å². The predicted octanol–water partition coefficient (Wildman–Crippen LogP) is 3.12. The molecular weight excluding hydrogens is 294 g/mol. The molecule has 0 bridgehead atoms. The molecule has 5 nitrogen and oxygen atoms in total. The molecule has 0 radical (unpaired) electrons. The first-order valence-corrected chi connectivity index (χ1v) is 7.17. The van der Waals surface area contributed by atoms with Crippen molar-refractivity contribution in [1.82, 2.24) is 0 Å². The monoisotopic (exact) mass is 311 g/mol. The van der Waals surface area contributed by atoms with E-state index in [9.17, 15) is 4.79 Å². The quantitative estimate of drug-likeness (QED) is 0.942. The standard InChI is InChI=1S/C18H17NO4/c1-21-14-7-8-17(22-2)15(10-14)19-18(20)13-9-12-5-3-4-6-16(12)23-11-13/h3-10H,11H2,1-2H3,(H,19,20). The molecule has 0 spiro atoms. The maximum absolute atomic E-state index is 12.5. The van der Waals surface area contributed by atoms with Crippen LogP contribution in [0.5, 0.6) is 17.2 Å². The van der Waals surface area contributed by atoms with Gasteiger partial charge in [0.1, 0.15) is 23.9 Å². The number of ether oxygens (including phenoxy) is 3. The Hall–Kier alpha value is -2.95. The Morgan fingerprint density at radius 2 is 1.96 bits per heavy atom. The minimum atomic E-state index is -0.231. The minimum absolute atomic E-state index is 0.231. The van der Waals surface area contributed by atoms with E-state index in [1.165, 1.54) is 0 Å². The Bertz CT molecular complexity index is 767. The summed E-state index contributed by atoms with van der Waals surface area (Å²) in [7, 11) is 3.12. The van der Waals surface area contributed by atoms with Gasteiger partial charge in [-0.15, -0.1) is 0 Å².